The van der Waals surface area contributed by atoms with E-state index in [9.17, 15) is 22.8 Å². The first-order chi connectivity index (χ1) is 12.8. The molecule has 0 radical (unpaired) electrons. The molecule has 2 aromatic rings. The van der Waals surface area contributed by atoms with Gasteiger partial charge in [0.25, 0.3) is 0 Å². The molecule has 0 aliphatic rings. The first-order valence-corrected chi connectivity index (χ1v) is 8.39. The molecule has 0 aliphatic heterocycles. The van der Waals surface area contributed by atoms with Gasteiger partial charge in [-0.25, -0.2) is 0 Å². The van der Waals surface area contributed by atoms with Gasteiger partial charge < -0.3 is 16.0 Å². The van der Waals surface area contributed by atoms with Crippen LogP contribution in [0.5, 0.6) is 0 Å². The summed E-state index contributed by atoms with van der Waals surface area (Å²) in [6, 6.07) is 11.3. The third-order valence-corrected chi connectivity index (χ3v) is 3.55. The Balaban J connectivity index is 1.92. The molecule has 0 spiro atoms. The lowest BCUT2D eigenvalue weighted by Gasteiger charge is -2.11. The van der Waals surface area contributed by atoms with Crippen LogP contribution in [0.2, 0.25) is 0 Å². The van der Waals surface area contributed by atoms with E-state index >= 15 is 0 Å². The topological polar surface area (TPSA) is 70.2 Å². The van der Waals surface area contributed by atoms with Gasteiger partial charge >= 0.3 is 6.18 Å². The molecule has 2 aromatic carbocycles. The van der Waals surface area contributed by atoms with Crippen molar-refractivity contribution in [2.24, 2.45) is 0 Å². The third kappa shape index (κ3) is 6.65. The van der Waals surface area contributed by atoms with Gasteiger partial charge in [0.2, 0.25) is 11.8 Å². The summed E-state index contributed by atoms with van der Waals surface area (Å²) in [5, 5.41) is 8.01. The van der Waals surface area contributed by atoms with E-state index < -0.39 is 17.6 Å². The minimum absolute atomic E-state index is 0.118. The van der Waals surface area contributed by atoms with Gasteiger partial charge in [-0.1, -0.05) is 19.1 Å². The van der Waals surface area contributed by atoms with Gasteiger partial charge in [0.1, 0.15) is 0 Å². The Morgan fingerprint density at radius 1 is 0.889 bits per heavy atom. The van der Waals surface area contributed by atoms with E-state index in [4.69, 9.17) is 0 Å². The van der Waals surface area contributed by atoms with Crippen LogP contribution in [0.3, 0.4) is 0 Å². The fourth-order valence-corrected chi connectivity index (χ4v) is 2.32. The molecule has 0 saturated heterocycles. The van der Waals surface area contributed by atoms with Crippen molar-refractivity contribution in [1.82, 2.24) is 0 Å². The average molecular weight is 379 g/mol. The molecule has 0 aromatic heterocycles. The van der Waals surface area contributed by atoms with E-state index in [2.05, 4.69) is 16.0 Å². The number of carbonyl (C=O) groups excluding carboxylic acids is 2. The van der Waals surface area contributed by atoms with E-state index in [0.29, 0.717) is 17.8 Å². The predicted molar refractivity (Wildman–Crippen MR) is 98.5 cm³/mol. The van der Waals surface area contributed by atoms with E-state index in [0.717, 1.165) is 18.6 Å². The smallest absolute Gasteiger partial charge is 0.376 e. The molecule has 0 atom stereocenters. The summed E-state index contributed by atoms with van der Waals surface area (Å²) in [4.78, 5) is 23.6. The summed E-state index contributed by atoms with van der Waals surface area (Å²) >= 11 is 0. The summed E-state index contributed by atoms with van der Waals surface area (Å²) in [6.07, 6.45) is -3.32. The van der Waals surface area contributed by atoms with Crippen molar-refractivity contribution in [3.8, 4) is 0 Å². The number of anilines is 3. The number of benzene rings is 2. The first kappa shape index (κ1) is 20.3. The third-order valence-electron chi connectivity index (χ3n) is 3.55. The lowest BCUT2D eigenvalue weighted by molar-refractivity contribution is -0.137. The fraction of sp³-hybridized carbons (Fsp3) is 0.263. The lowest BCUT2D eigenvalue weighted by Crippen LogP contribution is -2.22. The van der Waals surface area contributed by atoms with Gasteiger partial charge in [-0.15, -0.1) is 0 Å². The molecule has 2 amide bonds. The molecule has 0 saturated carbocycles. The quantitative estimate of drug-likeness (QED) is 0.664. The lowest BCUT2D eigenvalue weighted by atomic mass is 10.2. The zero-order chi connectivity index (χ0) is 19.9. The highest BCUT2D eigenvalue weighted by Gasteiger charge is 2.30. The second-order valence-corrected chi connectivity index (χ2v) is 5.86. The molecule has 5 nitrogen and oxygen atoms in total. The van der Waals surface area contributed by atoms with Gasteiger partial charge in [-0.05, 0) is 42.8 Å². The Labute approximate surface area is 155 Å². The normalized spacial score (nSPS) is 11.0. The van der Waals surface area contributed by atoms with Crippen molar-refractivity contribution >= 4 is 28.9 Å². The van der Waals surface area contributed by atoms with E-state index in [1.807, 2.05) is 6.92 Å². The molecule has 27 heavy (non-hydrogen) atoms. The predicted octanol–water partition coefficient (Wildman–Crippen LogP) is 4.49. The SMILES string of the molecule is CCCC(=O)Nc1cccc(NC(=O)CNc2cccc(C(F)(F)F)c2)c1. The van der Waals surface area contributed by atoms with Crippen LogP contribution in [0.15, 0.2) is 48.5 Å². The number of halogens is 3. The van der Waals surface area contributed by atoms with Crippen LogP contribution in [-0.4, -0.2) is 18.4 Å². The molecule has 0 heterocycles. The number of rotatable bonds is 7. The van der Waals surface area contributed by atoms with Gasteiger partial charge in [0, 0.05) is 23.5 Å². The van der Waals surface area contributed by atoms with Crippen molar-refractivity contribution in [2.45, 2.75) is 25.9 Å². The number of alkyl halides is 3. The molecule has 144 valence electrons. The maximum atomic E-state index is 12.7. The van der Waals surface area contributed by atoms with Gasteiger partial charge in [0.05, 0.1) is 12.1 Å². The molecule has 8 heteroatoms. The van der Waals surface area contributed by atoms with Crippen molar-refractivity contribution in [2.75, 3.05) is 22.5 Å². The maximum absolute atomic E-state index is 12.7. The standard InChI is InChI=1S/C19H20F3N3O2/c1-2-5-17(26)24-15-8-4-9-16(11-15)25-18(27)12-23-14-7-3-6-13(10-14)19(20,21)22/h3-4,6-11,23H,2,5,12H2,1H3,(H,24,26)(H,25,27). The monoisotopic (exact) mass is 379 g/mol. The average Bonchev–Trinajstić information content (AvgIpc) is 2.60. The summed E-state index contributed by atoms with van der Waals surface area (Å²) in [6.45, 7) is 1.70. The van der Waals surface area contributed by atoms with Crippen LogP contribution in [0.25, 0.3) is 0 Å². The minimum atomic E-state index is -4.44. The van der Waals surface area contributed by atoms with Crippen LogP contribution in [0.1, 0.15) is 25.3 Å². The van der Waals surface area contributed by atoms with Crippen molar-refractivity contribution in [1.29, 1.82) is 0 Å². The minimum Gasteiger partial charge on any atom is -0.376 e. The van der Waals surface area contributed by atoms with Crippen molar-refractivity contribution < 1.29 is 22.8 Å². The molecule has 0 unspecified atom stereocenters. The number of carbonyl (C=O) groups is 2. The highest BCUT2D eigenvalue weighted by atomic mass is 19.4. The Morgan fingerprint density at radius 2 is 1.48 bits per heavy atom. The van der Waals surface area contributed by atoms with Crippen molar-refractivity contribution in [3.05, 3.63) is 54.1 Å². The Kier molecular flexibility index (Phi) is 6.81. The highest BCUT2D eigenvalue weighted by Crippen LogP contribution is 2.30. The van der Waals surface area contributed by atoms with Gasteiger partial charge in [0.15, 0.2) is 0 Å². The largest absolute Gasteiger partial charge is 0.416 e. The van der Waals surface area contributed by atoms with E-state index in [1.54, 1.807) is 24.3 Å². The second-order valence-electron chi connectivity index (χ2n) is 5.86. The number of hydrogen-bond acceptors (Lipinski definition) is 3. The molecule has 0 bridgehead atoms. The zero-order valence-corrected chi connectivity index (χ0v) is 14.7. The summed E-state index contributed by atoms with van der Waals surface area (Å²) in [5.74, 6) is -0.545. The van der Waals surface area contributed by atoms with Gasteiger partial charge in [-0.2, -0.15) is 13.2 Å². The molecular formula is C19H20F3N3O2. The molecule has 2 rings (SSSR count). The maximum Gasteiger partial charge on any atom is 0.416 e. The molecule has 3 N–H and O–H groups in total. The summed E-state index contributed by atoms with van der Waals surface area (Å²) in [7, 11) is 0. The fourth-order valence-electron chi connectivity index (χ4n) is 2.32. The highest BCUT2D eigenvalue weighted by molar-refractivity contribution is 5.95. The van der Waals surface area contributed by atoms with Crippen LogP contribution >= 0.6 is 0 Å². The van der Waals surface area contributed by atoms with E-state index in [-0.39, 0.29) is 18.1 Å². The number of amides is 2. The Hall–Kier alpha value is -3.03. The molecular weight excluding hydrogens is 359 g/mol. The Morgan fingerprint density at radius 3 is 2.11 bits per heavy atom. The molecule has 0 aliphatic carbocycles. The molecule has 0 fully saturated rings. The van der Waals surface area contributed by atoms with Crippen molar-refractivity contribution in [3.63, 3.8) is 0 Å². The van der Waals surface area contributed by atoms with Crippen LogP contribution in [0.4, 0.5) is 30.2 Å². The second kappa shape index (κ2) is 9.07. The number of hydrogen-bond donors (Lipinski definition) is 3. The number of nitrogens with one attached hydrogen (secondary N) is 3. The van der Waals surface area contributed by atoms with Crippen LogP contribution < -0.4 is 16.0 Å². The first-order valence-electron chi connectivity index (χ1n) is 8.39. The summed E-state index contributed by atoms with van der Waals surface area (Å²) < 4.78 is 38.1. The zero-order valence-electron chi connectivity index (χ0n) is 14.7. The van der Waals surface area contributed by atoms with Crippen LogP contribution in [-0.2, 0) is 15.8 Å². The Bertz CT molecular complexity index is 807. The van der Waals surface area contributed by atoms with Crippen LogP contribution in [0, 0.1) is 0 Å². The summed E-state index contributed by atoms with van der Waals surface area (Å²) in [5.41, 5.74) is 0.432. The van der Waals surface area contributed by atoms with E-state index in [1.165, 1.54) is 12.1 Å². The van der Waals surface area contributed by atoms with Gasteiger partial charge in [-0.3, -0.25) is 9.59 Å².